The van der Waals surface area contributed by atoms with E-state index in [1.807, 2.05) is 0 Å². The Bertz CT molecular complexity index is 874. The standard InChI is InChI=1S/C21H18O/c1-22-20-14-13-16-8-3-5-11-18(16)21(20)19-12-6-9-15-7-2-4-10-17(15)19/h2-5,7-8,10-14H,6,9H2,1H3. The Balaban J connectivity index is 2.04. The molecule has 0 aromatic heterocycles. The summed E-state index contributed by atoms with van der Waals surface area (Å²) in [6, 6.07) is 21.4. The zero-order chi connectivity index (χ0) is 14.9. The molecular formula is C21H18O. The summed E-state index contributed by atoms with van der Waals surface area (Å²) in [7, 11) is 1.75. The highest BCUT2D eigenvalue weighted by molar-refractivity contribution is 6.01. The predicted molar refractivity (Wildman–Crippen MR) is 92.3 cm³/mol. The Morgan fingerprint density at radius 2 is 1.68 bits per heavy atom. The minimum Gasteiger partial charge on any atom is -0.496 e. The molecular weight excluding hydrogens is 268 g/mol. The van der Waals surface area contributed by atoms with Gasteiger partial charge in [0.25, 0.3) is 0 Å². The topological polar surface area (TPSA) is 9.23 Å². The first-order valence-electron chi connectivity index (χ1n) is 7.73. The van der Waals surface area contributed by atoms with Crippen molar-refractivity contribution in [2.75, 3.05) is 7.11 Å². The largest absolute Gasteiger partial charge is 0.496 e. The van der Waals surface area contributed by atoms with Gasteiger partial charge in [-0.3, -0.25) is 0 Å². The number of rotatable bonds is 2. The van der Waals surface area contributed by atoms with Gasteiger partial charge >= 0.3 is 0 Å². The van der Waals surface area contributed by atoms with Crippen molar-refractivity contribution in [3.8, 4) is 5.75 Å². The average Bonchev–Trinajstić information content (AvgIpc) is 2.60. The van der Waals surface area contributed by atoms with Gasteiger partial charge in [0.1, 0.15) is 5.75 Å². The summed E-state index contributed by atoms with van der Waals surface area (Å²) < 4.78 is 5.68. The lowest BCUT2D eigenvalue weighted by molar-refractivity contribution is 0.414. The van der Waals surface area contributed by atoms with Crippen molar-refractivity contribution >= 4 is 16.3 Å². The van der Waals surface area contributed by atoms with Crippen LogP contribution in [-0.4, -0.2) is 7.11 Å². The lowest BCUT2D eigenvalue weighted by atomic mass is 9.85. The zero-order valence-electron chi connectivity index (χ0n) is 12.7. The molecule has 3 aromatic rings. The van der Waals surface area contributed by atoms with E-state index in [1.54, 1.807) is 7.11 Å². The number of allylic oxidation sites excluding steroid dienone is 1. The number of fused-ring (bicyclic) bond motifs is 2. The summed E-state index contributed by atoms with van der Waals surface area (Å²) in [5.74, 6) is 0.946. The fraction of sp³-hybridized carbons (Fsp3) is 0.143. The number of benzene rings is 3. The molecule has 1 nitrogen and oxygen atoms in total. The van der Waals surface area contributed by atoms with Crippen LogP contribution in [-0.2, 0) is 6.42 Å². The van der Waals surface area contributed by atoms with Gasteiger partial charge in [0.15, 0.2) is 0 Å². The van der Waals surface area contributed by atoms with Crippen molar-refractivity contribution in [2.45, 2.75) is 12.8 Å². The minimum absolute atomic E-state index is 0.946. The molecule has 0 spiro atoms. The smallest absolute Gasteiger partial charge is 0.127 e. The highest BCUT2D eigenvalue weighted by Gasteiger charge is 2.19. The maximum atomic E-state index is 5.68. The molecule has 0 aliphatic heterocycles. The van der Waals surface area contributed by atoms with Crippen LogP contribution in [0, 0.1) is 0 Å². The van der Waals surface area contributed by atoms with Crippen molar-refractivity contribution in [2.24, 2.45) is 0 Å². The summed E-state index contributed by atoms with van der Waals surface area (Å²) in [5, 5.41) is 2.51. The normalized spacial score (nSPS) is 13.6. The lowest BCUT2D eigenvalue weighted by Gasteiger charge is -2.21. The van der Waals surface area contributed by atoms with Crippen molar-refractivity contribution in [3.63, 3.8) is 0 Å². The second kappa shape index (κ2) is 5.34. The second-order valence-electron chi connectivity index (χ2n) is 5.68. The summed E-state index contributed by atoms with van der Waals surface area (Å²) >= 11 is 0. The van der Waals surface area contributed by atoms with Gasteiger partial charge in [-0.05, 0) is 46.4 Å². The molecule has 108 valence electrons. The van der Waals surface area contributed by atoms with Gasteiger partial charge in [-0.25, -0.2) is 0 Å². The first-order chi connectivity index (χ1) is 10.9. The van der Waals surface area contributed by atoms with Gasteiger partial charge in [-0.2, -0.15) is 0 Å². The number of aryl methyl sites for hydroxylation is 1. The number of hydrogen-bond acceptors (Lipinski definition) is 1. The molecule has 0 fully saturated rings. The van der Waals surface area contributed by atoms with Gasteiger partial charge in [-0.15, -0.1) is 0 Å². The number of ether oxygens (including phenoxy) is 1. The Kier molecular flexibility index (Phi) is 3.19. The third-order valence-corrected chi connectivity index (χ3v) is 4.45. The molecule has 0 heterocycles. The Morgan fingerprint density at radius 1 is 0.864 bits per heavy atom. The molecule has 0 radical (unpaired) electrons. The molecule has 1 aliphatic carbocycles. The van der Waals surface area contributed by atoms with Crippen molar-refractivity contribution in [3.05, 3.63) is 83.4 Å². The first kappa shape index (κ1) is 13.1. The van der Waals surface area contributed by atoms with Gasteiger partial charge in [0.05, 0.1) is 7.11 Å². The Hall–Kier alpha value is -2.54. The quantitative estimate of drug-likeness (QED) is 0.627. The first-order valence-corrected chi connectivity index (χ1v) is 7.73. The van der Waals surface area contributed by atoms with Crippen LogP contribution in [0.2, 0.25) is 0 Å². The van der Waals surface area contributed by atoms with Gasteiger partial charge < -0.3 is 4.74 Å². The van der Waals surface area contributed by atoms with Crippen molar-refractivity contribution < 1.29 is 4.74 Å². The SMILES string of the molecule is COc1ccc2ccccc2c1C1=CCCc2ccccc21. The predicted octanol–water partition coefficient (Wildman–Crippen LogP) is 5.23. The van der Waals surface area contributed by atoms with E-state index in [0.717, 1.165) is 18.6 Å². The molecule has 4 rings (SSSR count). The highest BCUT2D eigenvalue weighted by Crippen LogP contribution is 2.40. The van der Waals surface area contributed by atoms with E-state index in [4.69, 9.17) is 4.74 Å². The lowest BCUT2D eigenvalue weighted by Crippen LogP contribution is -2.02. The summed E-state index contributed by atoms with van der Waals surface area (Å²) in [6.07, 6.45) is 4.55. The molecule has 22 heavy (non-hydrogen) atoms. The maximum Gasteiger partial charge on any atom is 0.127 e. The van der Waals surface area contributed by atoms with Crippen molar-refractivity contribution in [1.82, 2.24) is 0 Å². The van der Waals surface area contributed by atoms with E-state index in [-0.39, 0.29) is 0 Å². The Labute approximate surface area is 130 Å². The molecule has 0 saturated carbocycles. The van der Waals surface area contributed by atoms with Crippen LogP contribution in [0.3, 0.4) is 0 Å². The molecule has 1 heteroatoms. The van der Waals surface area contributed by atoms with Gasteiger partial charge in [0, 0.05) is 5.56 Å². The molecule has 0 atom stereocenters. The summed E-state index contributed by atoms with van der Waals surface area (Å²) in [5.41, 5.74) is 5.28. The molecule has 0 N–H and O–H groups in total. The number of hydrogen-bond donors (Lipinski definition) is 0. The van der Waals surface area contributed by atoms with Gasteiger partial charge in [0.2, 0.25) is 0 Å². The molecule has 3 aromatic carbocycles. The molecule has 1 aliphatic rings. The third-order valence-electron chi connectivity index (χ3n) is 4.45. The van der Waals surface area contributed by atoms with Crippen LogP contribution in [0.1, 0.15) is 23.1 Å². The van der Waals surface area contributed by atoms with Crippen LogP contribution in [0.25, 0.3) is 16.3 Å². The fourth-order valence-electron chi connectivity index (χ4n) is 3.42. The van der Waals surface area contributed by atoms with E-state index in [2.05, 4.69) is 66.7 Å². The summed E-state index contributed by atoms with van der Waals surface area (Å²) in [4.78, 5) is 0. The maximum absolute atomic E-state index is 5.68. The van der Waals surface area contributed by atoms with E-state index < -0.39 is 0 Å². The molecule has 0 amide bonds. The second-order valence-corrected chi connectivity index (χ2v) is 5.68. The zero-order valence-corrected chi connectivity index (χ0v) is 12.7. The van der Waals surface area contributed by atoms with Crippen LogP contribution < -0.4 is 4.74 Å². The van der Waals surface area contributed by atoms with Crippen LogP contribution in [0.4, 0.5) is 0 Å². The van der Waals surface area contributed by atoms with Crippen molar-refractivity contribution in [1.29, 1.82) is 0 Å². The van der Waals surface area contributed by atoms with Crippen LogP contribution in [0.15, 0.2) is 66.7 Å². The minimum atomic E-state index is 0.946. The molecule has 0 saturated heterocycles. The van der Waals surface area contributed by atoms with E-state index in [9.17, 15) is 0 Å². The number of methoxy groups -OCH3 is 1. The highest BCUT2D eigenvalue weighted by atomic mass is 16.5. The average molecular weight is 286 g/mol. The van der Waals surface area contributed by atoms with E-state index in [0.29, 0.717) is 0 Å². The molecule has 0 bridgehead atoms. The monoisotopic (exact) mass is 286 g/mol. The Morgan fingerprint density at radius 3 is 2.59 bits per heavy atom. The van der Waals surface area contributed by atoms with Crippen LogP contribution in [0.5, 0.6) is 5.75 Å². The third kappa shape index (κ3) is 2.01. The van der Waals surface area contributed by atoms with E-state index in [1.165, 1.54) is 33.0 Å². The van der Waals surface area contributed by atoms with Crippen LogP contribution >= 0.6 is 0 Å². The molecule has 0 unspecified atom stereocenters. The van der Waals surface area contributed by atoms with E-state index >= 15 is 0 Å². The van der Waals surface area contributed by atoms with Gasteiger partial charge in [-0.1, -0.05) is 60.7 Å². The fourth-order valence-corrected chi connectivity index (χ4v) is 3.42. The summed E-state index contributed by atoms with van der Waals surface area (Å²) in [6.45, 7) is 0.